The molecule has 0 aliphatic carbocycles. The summed E-state index contributed by atoms with van der Waals surface area (Å²) >= 11 is 6.02. The fourth-order valence-electron chi connectivity index (χ4n) is 2.71. The third-order valence-electron chi connectivity index (χ3n) is 3.75. The molecule has 2 rings (SSSR count). The minimum absolute atomic E-state index is 0.562. The van der Waals surface area contributed by atoms with Crippen molar-refractivity contribution < 1.29 is 4.74 Å². The van der Waals surface area contributed by atoms with Crippen LogP contribution in [0.15, 0.2) is 24.3 Å². The van der Waals surface area contributed by atoms with E-state index < -0.39 is 0 Å². The van der Waals surface area contributed by atoms with Crippen molar-refractivity contribution in [3.63, 3.8) is 0 Å². The summed E-state index contributed by atoms with van der Waals surface area (Å²) in [5.74, 6) is 1.35. The van der Waals surface area contributed by atoms with Gasteiger partial charge in [-0.3, -0.25) is 0 Å². The second-order valence-corrected chi connectivity index (χ2v) is 5.66. The zero-order valence-electron chi connectivity index (χ0n) is 10.8. The molecule has 1 fully saturated rings. The maximum absolute atomic E-state index is 6.02. The van der Waals surface area contributed by atoms with E-state index in [0.717, 1.165) is 37.1 Å². The van der Waals surface area contributed by atoms with Crippen LogP contribution in [-0.4, -0.2) is 19.8 Å². The van der Waals surface area contributed by atoms with Crippen molar-refractivity contribution in [1.29, 1.82) is 0 Å². The smallest absolute Gasteiger partial charge is 0.0468 e. The molecule has 18 heavy (non-hydrogen) atoms. The number of hydrogen-bond donors (Lipinski definition) is 1. The molecule has 2 N–H and O–H groups in total. The molecule has 1 heterocycles. The van der Waals surface area contributed by atoms with Crippen molar-refractivity contribution in [1.82, 2.24) is 0 Å². The van der Waals surface area contributed by atoms with Crippen molar-refractivity contribution >= 4 is 11.6 Å². The molecular formula is C15H22ClNO. The highest BCUT2D eigenvalue weighted by Crippen LogP contribution is 2.25. The Bertz CT molecular complexity index is 363. The molecule has 2 nitrogen and oxygen atoms in total. The van der Waals surface area contributed by atoms with Crippen LogP contribution in [0.5, 0.6) is 0 Å². The molecule has 1 aromatic rings. The summed E-state index contributed by atoms with van der Waals surface area (Å²) in [6.45, 7) is 2.59. The van der Waals surface area contributed by atoms with Crippen LogP contribution in [-0.2, 0) is 11.2 Å². The van der Waals surface area contributed by atoms with Crippen LogP contribution in [0.25, 0.3) is 0 Å². The molecule has 1 atom stereocenters. The highest BCUT2D eigenvalue weighted by molar-refractivity contribution is 6.30. The van der Waals surface area contributed by atoms with Crippen LogP contribution in [0.3, 0.4) is 0 Å². The number of ether oxygens (including phenoxy) is 1. The number of rotatable bonds is 5. The first kappa shape index (κ1) is 13.9. The summed E-state index contributed by atoms with van der Waals surface area (Å²) in [7, 11) is 0. The van der Waals surface area contributed by atoms with E-state index in [4.69, 9.17) is 22.1 Å². The molecule has 1 unspecified atom stereocenters. The third kappa shape index (κ3) is 4.27. The van der Waals surface area contributed by atoms with Crippen LogP contribution in [0.4, 0.5) is 0 Å². The standard InChI is InChI=1S/C15H22ClNO/c16-15-3-1-2-13(10-15)9-14(11-17)8-12-4-6-18-7-5-12/h1-3,10,12,14H,4-9,11,17H2. The molecule has 1 saturated heterocycles. The average molecular weight is 268 g/mol. The summed E-state index contributed by atoms with van der Waals surface area (Å²) in [6, 6.07) is 8.12. The Morgan fingerprint density at radius 2 is 2.11 bits per heavy atom. The van der Waals surface area contributed by atoms with Crippen LogP contribution in [0.2, 0.25) is 5.02 Å². The molecule has 0 bridgehead atoms. The van der Waals surface area contributed by atoms with E-state index in [9.17, 15) is 0 Å². The number of nitrogens with two attached hydrogens (primary N) is 1. The van der Waals surface area contributed by atoms with Crippen LogP contribution < -0.4 is 5.73 Å². The fourth-order valence-corrected chi connectivity index (χ4v) is 2.93. The van der Waals surface area contributed by atoms with E-state index in [2.05, 4.69) is 6.07 Å². The molecule has 1 aliphatic heterocycles. The minimum atomic E-state index is 0.562. The van der Waals surface area contributed by atoms with E-state index in [1.54, 1.807) is 0 Å². The Morgan fingerprint density at radius 3 is 2.78 bits per heavy atom. The normalized spacial score (nSPS) is 18.8. The van der Waals surface area contributed by atoms with E-state index in [-0.39, 0.29) is 0 Å². The number of halogens is 1. The predicted molar refractivity (Wildman–Crippen MR) is 75.9 cm³/mol. The third-order valence-corrected chi connectivity index (χ3v) is 3.99. The highest BCUT2D eigenvalue weighted by Gasteiger charge is 2.18. The molecular weight excluding hydrogens is 246 g/mol. The van der Waals surface area contributed by atoms with Gasteiger partial charge in [-0.15, -0.1) is 0 Å². The Kier molecular flexibility index (Phi) is 5.48. The number of hydrogen-bond acceptors (Lipinski definition) is 2. The Morgan fingerprint density at radius 1 is 1.33 bits per heavy atom. The molecule has 0 radical (unpaired) electrons. The first-order chi connectivity index (χ1) is 8.78. The van der Waals surface area contributed by atoms with Gasteiger partial charge in [0, 0.05) is 18.2 Å². The van der Waals surface area contributed by atoms with E-state index in [1.165, 1.54) is 24.8 Å². The first-order valence-corrected chi connectivity index (χ1v) is 7.18. The molecule has 0 aromatic heterocycles. The molecule has 100 valence electrons. The van der Waals surface area contributed by atoms with Gasteiger partial charge < -0.3 is 10.5 Å². The highest BCUT2D eigenvalue weighted by atomic mass is 35.5. The molecule has 0 amide bonds. The molecule has 0 spiro atoms. The summed E-state index contributed by atoms with van der Waals surface area (Å²) in [4.78, 5) is 0. The summed E-state index contributed by atoms with van der Waals surface area (Å²) in [5.41, 5.74) is 7.21. The zero-order valence-corrected chi connectivity index (χ0v) is 11.5. The second-order valence-electron chi connectivity index (χ2n) is 5.23. The predicted octanol–water partition coefficient (Wildman–Crippen LogP) is 3.27. The van der Waals surface area contributed by atoms with Crippen molar-refractivity contribution in [2.24, 2.45) is 17.6 Å². The lowest BCUT2D eigenvalue weighted by Crippen LogP contribution is -2.24. The first-order valence-electron chi connectivity index (χ1n) is 6.80. The van der Waals surface area contributed by atoms with Crippen LogP contribution in [0, 0.1) is 11.8 Å². The minimum Gasteiger partial charge on any atom is -0.381 e. The lowest BCUT2D eigenvalue weighted by Gasteiger charge is -2.26. The van der Waals surface area contributed by atoms with Crippen molar-refractivity contribution in [3.8, 4) is 0 Å². The number of benzene rings is 1. The maximum Gasteiger partial charge on any atom is 0.0468 e. The van der Waals surface area contributed by atoms with Gasteiger partial charge in [0.15, 0.2) is 0 Å². The molecule has 3 heteroatoms. The van der Waals surface area contributed by atoms with E-state index in [0.29, 0.717) is 5.92 Å². The van der Waals surface area contributed by atoms with Crippen molar-refractivity contribution in [3.05, 3.63) is 34.9 Å². The Hall–Kier alpha value is -0.570. The Labute approximate surface area is 114 Å². The van der Waals surface area contributed by atoms with Crippen molar-refractivity contribution in [2.75, 3.05) is 19.8 Å². The van der Waals surface area contributed by atoms with Crippen LogP contribution in [0.1, 0.15) is 24.8 Å². The van der Waals surface area contributed by atoms with Gasteiger partial charge in [0.1, 0.15) is 0 Å². The van der Waals surface area contributed by atoms with E-state index in [1.807, 2.05) is 18.2 Å². The second kappa shape index (κ2) is 7.13. The SMILES string of the molecule is NCC(Cc1cccc(Cl)c1)CC1CCOCC1. The maximum atomic E-state index is 6.02. The van der Waals surface area contributed by atoms with Crippen molar-refractivity contribution in [2.45, 2.75) is 25.7 Å². The fraction of sp³-hybridized carbons (Fsp3) is 0.600. The lowest BCUT2D eigenvalue weighted by atomic mass is 9.85. The van der Waals surface area contributed by atoms with Gasteiger partial charge >= 0.3 is 0 Å². The van der Waals surface area contributed by atoms with Gasteiger partial charge in [0.2, 0.25) is 0 Å². The Balaban J connectivity index is 1.88. The largest absolute Gasteiger partial charge is 0.381 e. The summed E-state index contributed by atoms with van der Waals surface area (Å²) in [5, 5.41) is 0.814. The van der Waals surface area contributed by atoms with Gasteiger partial charge in [0.25, 0.3) is 0 Å². The average Bonchev–Trinajstić information content (AvgIpc) is 2.39. The monoisotopic (exact) mass is 267 g/mol. The van der Waals surface area contributed by atoms with E-state index >= 15 is 0 Å². The summed E-state index contributed by atoms with van der Waals surface area (Å²) < 4.78 is 5.40. The topological polar surface area (TPSA) is 35.2 Å². The molecule has 0 saturated carbocycles. The molecule has 1 aromatic carbocycles. The molecule has 1 aliphatic rings. The quantitative estimate of drug-likeness (QED) is 0.889. The van der Waals surface area contributed by atoms with Gasteiger partial charge in [-0.25, -0.2) is 0 Å². The van der Waals surface area contributed by atoms with Gasteiger partial charge in [0.05, 0.1) is 0 Å². The van der Waals surface area contributed by atoms with Gasteiger partial charge in [-0.05, 0) is 61.8 Å². The van der Waals surface area contributed by atoms with Gasteiger partial charge in [-0.1, -0.05) is 23.7 Å². The zero-order chi connectivity index (χ0) is 12.8. The van der Waals surface area contributed by atoms with Crippen LogP contribution >= 0.6 is 11.6 Å². The van der Waals surface area contributed by atoms with Gasteiger partial charge in [-0.2, -0.15) is 0 Å². The lowest BCUT2D eigenvalue weighted by molar-refractivity contribution is 0.0589. The summed E-state index contributed by atoms with van der Waals surface area (Å²) in [6.07, 6.45) is 4.62.